The van der Waals surface area contributed by atoms with Crippen LogP contribution in [0.25, 0.3) is 0 Å². The highest BCUT2D eigenvalue weighted by atomic mass is 16.5. The smallest absolute Gasteiger partial charge is 0.305 e. The van der Waals surface area contributed by atoms with E-state index < -0.39 is 0 Å². The first kappa shape index (κ1) is 14.7. The van der Waals surface area contributed by atoms with Crippen LogP contribution in [-0.4, -0.2) is 13.1 Å². The number of hydrogen-bond donors (Lipinski definition) is 0. The molecule has 0 fully saturated rings. The Morgan fingerprint density at radius 1 is 1.00 bits per heavy atom. The molecule has 2 nitrogen and oxygen atoms in total. The van der Waals surface area contributed by atoms with Gasteiger partial charge < -0.3 is 4.74 Å². The lowest BCUT2D eigenvalue weighted by molar-refractivity contribution is -0.140. The molecule has 0 aliphatic rings. The van der Waals surface area contributed by atoms with Crippen molar-refractivity contribution in [2.75, 3.05) is 7.11 Å². The standard InChI is InChI=1S/C16H24O2/c1-3-4-5-6-7-14-8-10-15(11-9-14)12-13-16(17)18-2/h8-11H,3-7,12-13H2,1-2H3. The fourth-order valence-electron chi connectivity index (χ4n) is 1.98. The molecule has 1 aromatic rings. The van der Waals surface area contributed by atoms with Crippen molar-refractivity contribution < 1.29 is 9.53 Å². The molecule has 18 heavy (non-hydrogen) atoms. The van der Waals surface area contributed by atoms with E-state index in [0.29, 0.717) is 6.42 Å². The van der Waals surface area contributed by atoms with Gasteiger partial charge in [-0.15, -0.1) is 0 Å². The summed E-state index contributed by atoms with van der Waals surface area (Å²) in [6.07, 6.45) is 7.60. The molecule has 0 heterocycles. The lowest BCUT2D eigenvalue weighted by Gasteiger charge is -2.04. The van der Waals surface area contributed by atoms with Gasteiger partial charge in [-0.05, 0) is 30.4 Å². The zero-order chi connectivity index (χ0) is 13.2. The highest BCUT2D eigenvalue weighted by Gasteiger charge is 2.01. The molecule has 0 saturated carbocycles. The fourth-order valence-corrected chi connectivity index (χ4v) is 1.98. The summed E-state index contributed by atoms with van der Waals surface area (Å²) in [5.41, 5.74) is 2.60. The molecule has 0 aromatic heterocycles. The Bertz CT molecular complexity index is 341. The lowest BCUT2D eigenvalue weighted by Crippen LogP contribution is -2.01. The van der Waals surface area contributed by atoms with E-state index in [4.69, 9.17) is 0 Å². The van der Waals surface area contributed by atoms with Crippen molar-refractivity contribution in [3.05, 3.63) is 35.4 Å². The first-order valence-electron chi connectivity index (χ1n) is 6.91. The first-order valence-corrected chi connectivity index (χ1v) is 6.91. The number of unbranched alkanes of at least 4 members (excludes halogenated alkanes) is 3. The molecule has 0 aliphatic heterocycles. The van der Waals surface area contributed by atoms with Gasteiger partial charge in [0.15, 0.2) is 0 Å². The van der Waals surface area contributed by atoms with Crippen molar-refractivity contribution >= 4 is 5.97 Å². The van der Waals surface area contributed by atoms with Crippen molar-refractivity contribution in [3.63, 3.8) is 0 Å². The Kier molecular flexibility index (Phi) is 7.16. The van der Waals surface area contributed by atoms with E-state index in [2.05, 4.69) is 35.9 Å². The van der Waals surface area contributed by atoms with Gasteiger partial charge >= 0.3 is 5.97 Å². The van der Waals surface area contributed by atoms with Crippen LogP contribution in [0, 0.1) is 0 Å². The van der Waals surface area contributed by atoms with Gasteiger partial charge in [0.25, 0.3) is 0 Å². The van der Waals surface area contributed by atoms with Crippen LogP contribution in [0.1, 0.15) is 50.2 Å². The minimum absolute atomic E-state index is 0.140. The zero-order valence-electron chi connectivity index (χ0n) is 11.6. The maximum Gasteiger partial charge on any atom is 0.305 e. The lowest BCUT2D eigenvalue weighted by atomic mass is 10.0. The van der Waals surface area contributed by atoms with E-state index in [1.807, 2.05) is 0 Å². The third-order valence-electron chi connectivity index (χ3n) is 3.19. The van der Waals surface area contributed by atoms with Gasteiger partial charge in [0.1, 0.15) is 0 Å². The van der Waals surface area contributed by atoms with Crippen molar-refractivity contribution in [1.29, 1.82) is 0 Å². The normalized spacial score (nSPS) is 10.3. The highest BCUT2D eigenvalue weighted by molar-refractivity contribution is 5.69. The number of rotatable bonds is 8. The summed E-state index contributed by atoms with van der Waals surface area (Å²) in [5, 5.41) is 0. The zero-order valence-corrected chi connectivity index (χ0v) is 11.6. The van der Waals surface area contributed by atoms with Gasteiger partial charge in [-0.3, -0.25) is 4.79 Å². The summed E-state index contributed by atoms with van der Waals surface area (Å²) >= 11 is 0. The second-order valence-electron chi connectivity index (χ2n) is 4.70. The third kappa shape index (κ3) is 5.85. The van der Waals surface area contributed by atoms with Gasteiger partial charge in [0.05, 0.1) is 7.11 Å². The number of esters is 1. The highest BCUT2D eigenvalue weighted by Crippen LogP contribution is 2.11. The fraction of sp³-hybridized carbons (Fsp3) is 0.562. The third-order valence-corrected chi connectivity index (χ3v) is 3.19. The SMILES string of the molecule is CCCCCCc1ccc(CCC(=O)OC)cc1. The van der Waals surface area contributed by atoms with E-state index in [9.17, 15) is 4.79 Å². The average molecular weight is 248 g/mol. The van der Waals surface area contributed by atoms with Gasteiger partial charge in [0.2, 0.25) is 0 Å². The molecule has 0 saturated heterocycles. The molecule has 0 amide bonds. The van der Waals surface area contributed by atoms with Gasteiger partial charge in [-0.2, -0.15) is 0 Å². The van der Waals surface area contributed by atoms with Crippen LogP contribution in [0.4, 0.5) is 0 Å². The molecule has 0 radical (unpaired) electrons. The molecular weight excluding hydrogens is 224 g/mol. The van der Waals surface area contributed by atoms with Crippen molar-refractivity contribution in [2.45, 2.75) is 51.9 Å². The topological polar surface area (TPSA) is 26.3 Å². The quantitative estimate of drug-likeness (QED) is 0.515. The molecule has 1 rings (SSSR count). The Morgan fingerprint density at radius 3 is 2.17 bits per heavy atom. The summed E-state index contributed by atoms with van der Waals surface area (Å²) in [6.45, 7) is 2.23. The van der Waals surface area contributed by atoms with Crippen molar-refractivity contribution in [1.82, 2.24) is 0 Å². The molecule has 0 N–H and O–H groups in total. The predicted molar refractivity (Wildman–Crippen MR) is 74.6 cm³/mol. The van der Waals surface area contributed by atoms with Crippen LogP contribution >= 0.6 is 0 Å². The van der Waals surface area contributed by atoms with E-state index in [1.165, 1.54) is 43.9 Å². The summed E-state index contributed by atoms with van der Waals surface area (Å²) < 4.78 is 4.63. The maximum atomic E-state index is 11.0. The molecule has 2 heteroatoms. The largest absolute Gasteiger partial charge is 0.469 e. The van der Waals surface area contributed by atoms with Crippen LogP contribution < -0.4 is 0 Å². The van der Waals surface area contributed by atoms with Gasteiger partial charge in [-0.1, -0.05) is 50.5 Å². The second-order valence-corrected chi connectivity index (χ2v) is 4.70. The molecule has 100 valence electrons. The molecule has 0 spiro atoms. The molecule has 0 aliphatic carbocycles. The van der Waals surface area contributed by atoms with Crippen molar-refractivity contribution in [2.24, 2.45) is 0 Å². The number of methoxy groups -OCH3 is 1. The number of ether oxygens (including phenoxy) is 1. The van der Waals surface area contributed by atoms with Crippen LogP contribution in [0.3, 0.4) is 0 Å². The van der Waals surface area contributed by atoms with Crippen LogP contribution in [-0.2, 0) is 22.4 Å². The predicted octanol–water partition coefficient (Wildman–Crippen LogP) is 3.92. The van der Waals surface area contributed by atoms with E-state index in [1.54, 1.807) is 0 Å². The van der Waals surface area contributed by atoms with Gasteiger partial charge in [0, 0.05) is 6.42 Å². The number of carbonyl (C=O) groups is 1. The van der Waals surface area contributed by atoms with Crippen molar-refractivity contribution in [3.8, 4) is 0 Å². The van der Waals surface area contributed by atoms with E-state index in [-0.39, 0.29) is 5.97 Å². The first-order chi connectivity index (χ1) is 8.76. The van der Waals surface area contributed by atoms with Crippen LogP contribution in [0.5, 0.6) is 0 Å². The molecule has 0 bridgehead atoms. The summed E-state index contributed by atoms with van der Waals surface area (Å²) in [4.78, 5) is 11.0. The Morgan fingerprint density at radius 2 is 1.61 bits per heavy atom. The number of carbonyl (C=O) groups excluding carboxylic acids is 1. The molecular formula is C16H24O2. The summed E-state index contributed by atoms with van der Waals surface area (Å²) in [5.74, 6) is -0.140. The number of hydrogen-bond acceptors (Lipinski definition) is 2. The number of aryl methyl sites for hydroxylation is 2. The minimum atomic E-state index is -0.140. The maximum absolute atomic E-state index is 11.0. The van der Waals surface area contributed by atoms with Crippen LogP contribution in [0.15, 0.2) is 24.3 Å². The van der Waals surface area contributed by atoms with Gasteiger partial charge in [-0.25, -0.2) is 0 Å². The van der Waals surface area contributed by atoms with Crippen LogP contribution in [0.2, 0.25) is 0 Å². The second kappa shape index (κ2) is 8.73. The monoisotopic (exact) mass is 248 g/mol. The summed E-state index contributed by atoms with van der Waals surface area (Å²) in [6, 6.07) is 8.60. The number of benzene rings is 1. The summed E-state index contributed by atoms with van der Waals surface area (Å²) in [7, 11) is 1.43. The average Bonchev–Trinajstić information content (AvgIpc) is 2.42. The van der Waals surface area contributed by atoms with E-state index >= 15 is 0 Å². The Hall–Kier alpha value is -1.31. The van der Waals surface area contributed by atoms with E-state index in [0.717, 1.165) is 12.8 Å². The molecule has 0 unspecified atom stereocenters. The Balaban J connectivity index is 2.31. The molecule has 0 atom stereocenters. The molecule has 1 aromatic carbocycles. The minimum Gasteiger partial charge on any atom is -0.469 e. The Labute approximate surface area is 110 Å².